The summed E-state index contributed by atoms with van der Waals surface area (Å²) in [4.78, 5) is 0. The van der Waals surface area contributed by atoms with Crippen LogP contribution in [-0.4, -0.2) is 8.42 Å². The summed E-state index contributed by atoms with van der Waals surface area (Å²) in [6.45, 7) is 0. The number of nitrogens with one attached hydrogen (secondary N) is 1. The SMILES string of the molecule is O=S(=O)(Nc1ccc(Cl)cc1I)c1cc(Cl)c(Br)s1. The number of thiophene rings is 1. The van der Waals surface area contributed by atoms with Gasteiger partial charge in [0, 0.05) is 8.59 Å². The third-order valence-corrected chi connectivity index (χ3v) is 7.50. The van der Waals surface area contributed by atoms with Gasteiger partial charge >= 0.3 is 0 Å². The summed E-state index contributed by atoms with van der Waals surface area (Å²) in [6, 6.07) is 6.32. The van der Waals surface area contributed by atoms with Gasteiger partial charge in [0.05, 0.1) is 14.5 Å². The molecule has 9 heteroatoms. The van der Waals surface area contributed by atoms with Crippen molar-refractivity contribution in [3.63, 3.8) is 0 Å². The Morgan fingerprint density at radius 3 is 2.47 bits per heavy atom. The summed E-state index contributed by atoms with van der Waals surface area (Å²) in [5.74, 6) is 0. The van der Waals surface area contributed by atoms with Crippen LogP contribution in [0, 0.1) is 3.57 Å². The zero-order valence-electron chi connectivity index (χ0n) is 8.95. The van der Waals surface area contributed by atoms with E-state index in [1.807, 2.05) is 22.6 Å². The number of hydrogen-bond donors (Lipinski definition) is 1. The van der Waals surface area contributed by atoms with E-state index in [1.165, 1.54) is 6.07 Å². The van der Waals surface area contributed by atoms with Crippen LogP contribution in [0.25, 0.3) is 0 Å². The van der Waals surface area contributed by atoms with Crippen LogP contribution in [0.4, 0.5) is 5.69 Å². The Hall–Kier alpha value is 0.460. The van der Waals surface area contributed by atoms with Crippen molar-refractivity contribution in [3.05, 3.63) is 41.7 Å². The Balaban J connectivity index is 2.36. The first-order valence-electron chi connectivity index (χ1n) is 4.72. The molecule has 1 N–H and O–H groups in total. The molecule has 3 nitrogen and oxygen atoms in total. The van der Waals surface area contributed by atoms with Gasteiger partial charge in [-0.2, -0.15) is 0 Å². The highest BCUT2D eigenvalue weighted by Crippen LogP contribution is 2.35. The van der Waals surface area contributed by atoms with Gasteiger partial charge in [-0.05, 0) is 62.8 Å². The fourth-order valence-corrected chi connectivity index (χ4v) is 5.89. The summed E-state index contributed by atoms with van der Waals surface area (Å²) < 4.78 is 28.3. The summed E-state index contributed by atoms with van der Waals surface area (Å²) >= 11 is 17.9. The normalized spacial score (nSPS) is 11.6. The lowest BCUT2D eigenvalue weighted by molar-refractivity contribution is 0.603. The van der Waals surface area contributed by atoms with E-state index in [2.05, 4.69) is 20.7 Å². The van der Waals surface area contributed by atoms with Gasteiger partial charge in [-0.15, -0.1) is 11.3 Å². The van der Waals surface area contributed by atoms with Crippen LogP contribution in [0.3, 0.4) is 0 Å². The van der Waals surface area contributed by atoms with E-state index in [0.717, 1.165) is 14.9 Å². The molecule has 0 aliphatic heterocycles. The third kappa shape index (κ3) is 3.76. The van der Waals surface area contributed by atoms with Crippen LogP contribution in [0.1, 0.15) is 0 Å². The molecule has 0 bridgehead atoms. The van der Waals surface area contributed by atoms with Crippen LogP contribution >= 0.6 is 73.1 Å². The molecule has 0 spiro atoms. The lowest BCUT2D eigenvalue weighted by atomic mass is 10.3. The minimum Gasteiger partial charge on any atom is -0.278 e. The van der Waals surface area contributed by atoms with Gasteiger partial charge in [-0.25, -0.2) is 8.42 Å². The largest absolute Gasteiger partial charge is 0.278 e. The van der Waals surface area contributed by atoms with Crippen molar-refractivity contribution in [2.45, 2.75) is 4.21 Å². The highest BCUT2D eigenvalue weighted by atomic mass is 127. The second-order valence-electron chi connectivity index (χ2n) is 3.42. The van der Waals surface area contributed by atoms with E-state index >= 15 is 0 Å². The van der Waals surface area contributed by atoms with Crippen LogP contribution < -0.4 is 4.72 Å². The minimum absolute atomic E-state index is 0.148. The number of hydrogen-bond acceptors (Lipinski definition) is 3. The molecular formula is C10H5BrCl2INO2S2. The van der Waals surface area contributed by atoms with Gasteiger partial charge in [0.1, 0.15) is 4.21 Å². The average Bonchev–Trinajstić information content (AvgIpc) is 2.64. The van der Waals surface area contributed by atoms with E-state index in [1.54, 1.807) is 18.2 Å². The van der Waals surface area contributed by atoms with Crippen molar-refractivity contribution in [1.29, 1.82) is 0 Å². The maximum atomic E-state index is 12.2. The molecule has 0 radical (unpaired) electrons. The Morgan fingerprint density at radius 2 is 1.95 bits per heavy atom. The quantitative estimate of drug-likeness (QED) is 0.573. The van der Waals surface area contributed by atoms with Crippen molar-refractivity contribution in [1.82, 2.24) is 0 Å². The molecule has 0 fully saturated rings. The number of rotatable bonds is 3. The molecule has 2 rings (SSSR count). The van der Waals surface area contributed by atoms with Crippen LogP contribution in [0.5, 0.6) is 0 Å². The summed E-state index contributed by atoms with van der Waals surface area (Å²) in [5, 5.41) is 0.922. The van der Waals surface area contributed by atoms with Gasteiger partial charge in [0.25, 0.3) is 10.0 Å². The maximum absolute atomic E-state index is 12.2. The Bertz CT molecular complexity index is 714. The van der Waals surface area contributed by atoms with E-state index in [4.69, 9.17) is 23.2 Å². The van der Waals surface area contributed by atoms with Crippen molar-refractivity contribution in [2.24, 2.45) is 0 Å². The standard InChI is InChI=1S/C10H5BrCl2INO2S2/c11-10-6(13)4-9(18-10)19(16,17)15-8-2-1-5(12)3-7(8)14/h1-4,15H. The van der Waals surface area contributed by atoms with Gasteiger partial charge in [-0.3, -0.25) is 4.72 Å². The molecule has 0 unspecified atom stereocenters. The fraction of sp³-hybridized carbons (Fsp3) is 0. The molecule has 0 aliphatic rings. The predicted molar refractivity (Wildman–Crippen MR) is 92.0 cm³/mol. The molecule has 1 aromatic heterocycles. The smallest absolute Gasteiger partial charge is 0.271 e. The van der Waals surface area contributed by atoms with Crippen LogP contribution in [0.15, 0.2) is 32.3 Å². The highest BCUT2D eigenvalue weighted by molar-refractivity contribution is 14.1. The average molecular weight is 513 g/mol. The molecule has 19 heavy (non-hydrogen) atoms. The Kier molecular flexibility index (Phi) is 5.06. The van der Waals surface area contributed by atoms with E-state index in [0.29, 0.717) is 19.5 Å². The lowest BCUT2D eigenvalue weighted by Crippen LogP contribution is -2.12. The molecule has 102 valence electrons. The zero-order chi connectivity index (χ0) is 14.2. The van der Waals surface area contributed by atoms with E-state index in [9.17, 15) is 8.42 Å². The number of anilines is 1. The first-order valence-corrected chi connectivity index (χ1v) is 9.65. The van der Waals surface area contributed by atoms with Crippen molar-refractivity contribution < 1.29 is 8.42 Å². The second kappa shape index (κ2) is 6.07. The highest BCUT2D eigenvalue weighted by Gasteiger charge is 2.20. The molecule has 1 aromatic carbocycles. The predicted octanol–water partition coefficient (Wildman–Crippen LogP) is 5.22. The topological polar surface area (TPSA) is 46.2 Å². The molecular weight excluding hydrogens is 508 g/mol. The lowest BCUT2D eigenvalue weighted by Gasteiger charge is -2.08. The first kappa shape index (κ1) is 15.8. The maximum Gasteiger partial charge on any atom is 0.271 e. The van der Waals surface area contributed by atoms with Gasteiger partial charge in [-0.1, -0.05) is 23.2 Å². The molecule has 0 saturated carbocycles. The number of sulfonamides is 1. The van der Waals surface area contributed by atoms with Crippen molar-refractivity contribution in [2.75, 3.05) is 4.72 Å². The second-order valence-corrected chi connectivity index (χ2v) is 9.70. The summed E-state index contributed by atoms with van der Waals surface area (Å²) in [7, 11) is -3.64. The number of halogens is 4. The molecule has 1 heterocycles. The van der Waals surface area contributed by atoms with Gasteiger partial charge in [0.2, 0.25) is 0 Å². The molecule has 0 atom stereocenters. The summed E-state index contributed by atoms with van der Waals surface area (Å²) in [5.41, 5.74) is 0.477. The Labute approximate surface area is 146 Å². The summed E-state index contributed by atoms with van der Waals surface area (Å²) in [6.07, 6.45) is 0. The van der Waals surface area contributed by atoms with Crippen molar-refractivity contribution in [3.8, 4) is 0 Å². The Morgan fingerprint density at radius 1 is 1.26 bits per heavy atom. The molecule has 0 amide bonds. The first-order chi connectivity index (χ1) is 8.79. The van der Waals surface area contributed by atoms with Crippen LogP contribution in [-0.2, 0) is 10.0 Å². The van der Waals surface area contributed by atoms with Gasteiger partial charge in [0.15, 0.2) is 0 Å². The zero-order valence-corrected chi connectivity index (χ0v) is 15.8. The van der Waals surface area contributed by atoms with Crippen molar-refractivity contribution >= 4 is 88.8 Å². The monoisotopic (exact) mass is 511 g/mol. The van der Waals surface area contributed by atoms with E-state index in [-0.39, 0.29) is 4.21 Å². The van der Waals surface area contributed by atoms with Crippen LogP contribution in [0.2, 0.25) is 10.0 Å². The van der Waals surface area contributed by atoms with E-state index < -0.39 is 10.0 Å². The fourth-order valence-electron chi connectivity index (χ4n) is 1.23. The molecule has 0 saturated heterocycles. The minimum atomic E-state index is -3.64. The third-order valence-electron chi connectivity index (χ3n) is 2.06. The molecule has 0 aliphatic carbocycles. The molecule has 2 aromatic rings. The van der Waals surface area contributed by atoms with Gasteiger partial charge < -0.3 is 0 Å². The number of benzene rings is 1.